The zero-order valence-corrected chi connectivity index (χ0v) is 20.9. The maximum Gasteiger partial charge on any atom is 0.324 e. The van der Waals surface area contributed by atoms with Crippen LogP contribution in [0.5, 0.6) is 0 Å². The third-order valence-corrected chi connectivity index (χ3v) is 5.17. The van der Waals surface area contributed by atoms with Crippen LogP contribution in [0.2, 0.25) is 0 Å². The van der Waals surface area contributed by atoms with Crippen molar-refractivity contribution in [2.75, 3.05) is 5.32 Å². The molecule has 1 atom stereocenters. The fraction of sp³-hybridized carbons (Fsp3) is 0.455. The van der Waals surface area contributed by atoms with E-state index in [-0.39, 0.29) is 58.9 Å². The summed E-state index contributed by atoms with van der Waals surface area (Å²) in [5.41, 5.74) is 5.54. The Balaban J connectivity index is 0.00000544. The maximum atomic E-state index is 14.4. The van der Waals surface area contributed by atoms with Gasteiger partial charge in [0.15, 0.2) is 11.5 Å². The molecule has 11 heteroatoms. The summed E-state index contributed by atoms with van der Waals surface area (Å²) < 4.78 is 21.1. The summed E-state index contributed by atoms with van der Waals surface area (Å²) in [5, 5.41) is 4.19. The van der Waals surface area contributed by atoms with Crippen LogP contribution in [-0.4, -0.2) is 28.4 Å². The van der Waals surface area contributed by atoms with Gasteiger partial charge in [-0.3, -0.25) is 19.0 Å². The lowest BCUT2D eigenvalue weighted by Crippen LogP contribution is -2.37. The molecule has 0 aliphatic heterocycles. The number of thiazole rings is 1. The summed E-state index contributed by atoms with van der Waals surface area (Å²) in [6.07, 6.45) is 1.84. The number of anilines is 1. The molecule has 182 valence electrons. The number of nitrogens with zero attached hydrogens (tertiary/aromatic N) is 2. The van der Waals surface area contributed by atoms with Crippen LogP contribution in [0.15, 0.2) is 34.8 Å². The van der Waals surface area contributed by atoms with Crippen LogP contribution in [0.3, 0.4) is 0 Å². The number of rotatable bonds is 7. The number of hydrogen-bond acceptors (Lipinski definition) is 6. The van der Waals surface area contributed by atoms with Crippen LogP contribution < -0.4 is 15.9 Å². The summed E-state index contributed by atoms with van der Waals surface area (Å²) in [6.45, 7) is 9.18. The van der Waals surface area contributed by atoms with Crippen LogP contribution in [0, 0.1) is 17.2 Å². The number of aromatic nitrogens is 1. The largest absolute Gasteiger partial charge is 0.443 e. The van der Waals surface area contributed by atoms with E-state index in [0.29, 0.717) is 0 Å². The fourth-order valence-corrected chi connectivity index (χ4v) is 3.28. The average Bonchev–Trinajstić information content (AvgIpc) is 3.12. The van der Waals surface area contributed by atoms with E-state index in [0.717, 1.165) is 17.4 Å². The van der Waals surface area contributed by atoms with Crippen molar-refractivity contribution >= 4 is 47.2 Å². The van der Waals surface area contributed by atoms with Crippen molar-refractivity contribution in [3.05, 3.63) is 46.0 Å². The third-order valence-electron chi connectivity index (χ3n) is 4.37. The lowest BCUT2D eigenvalue weighted by molar-refractivity contribution is -0.150. The number of nitrogens with one attached hydrogen (secondary N) is 1. The summed E-state index contributed by atoms with van der Waals surface area (Å²) in [7, 11) is 0. The minimum absolute atomic E-state index is 0. The highest BCUT2D eigenvalue weighted by Gasteiger charge is 2.19. The maximum absolute atomic E-state index is 14.4. The van der Waals surface area contributed by atoms with Crippen molar-refractivity contribution in [3.63, 3.8) is 0 Å². The van der Waals surface area contributed by atoms with Gasteiger partial charge < -0.3 is 15.8 Å². The first kappa shape index (κ1) is 28.5. The van der Waals surface area contributed by atoms with E-state index >= 15 is 0 Å². The molecule has 1 aromatic heterocycles. The van der Waals surface area contributed by atoms with Crippen molar-refractivity contribution in [1.82, 2.24) is 4.57 Å². The molecule has 0 radical (unpaired) electrons. The first-order valence-electron chi connectivity index (χ1n) is 10.1. The second-order valence-electron chi connectivity index (χ2n) is 8.91. The molecule has 8 nitrogen and oxygen atoms in total. The number of halogens is 2. The molecule has 1 unspecified atom stereocenters. The molecule has 2 aromatic rings. The van der Waals surface area contributed by atoms with Gasteiger partial charge in [0.1, 0.15) is 11.9 Å². The zero-order chi connectivity index (χ0) is 24.1. The smallest absolute Gasteiger partial charge is 0.324 e. The highest BCUT2D eigenvalue weighted by Crippen LogP contribution is 2.21. The van der Waals surface area contributed by atoms with Gasteiger partial charge in [0.2, 0.25) is 5.91 Å². The Morgan fingerprint density at radius 1 is 1.27 bits per heavy atom. The average molecular weight is 501 g/mol. The van der Waals surface area contributed by atoms with E-state index in [1.54, 1.807) is 11.6 Å². The van der Waals surface area contributed by atoms with Crippen LogP contribution in [0.25, 0.3) is 0 Å². The van der Waals surface area contributed by atoms with E-state index in [2.05, 4.69) is 10.3 Å². The first-order valence-corrected chi connectivity index (χ1v) is 11.0. The topological polar surface area (TPSA) is 116 Å². The Kier molecular flexibility index (Phi) is 10.4. The molecule has 1 aromatic carbocycles. The van der Waals surface area contributed by atoms with Crippen molar-refractivity contribution < 1.29 is 23.5 Å². The Morgan fingerprint density at radius 3 is 2.52 bits per heavy atom. The molecule has 1 heterocycles. The summed E-state index contributed by atoms with van der Waals surface area (Å²) in [6, 6.07) is 3.00. The molecule has 0 saturated carbocycles. The quantitative estimate of drug-likeness (QED) is 0.562. The number of carbonyl (C=O) groups is 3. The van der Waals surface area contributed by atoms with Crippen molar-refractivity contribution in [1.29, 1.82) is 0 Å². The Labute approximate surface area is 202 Å². The van der Waals surface area contributed by atoms with Crippen LogP contribution in [0.1, 0.15) is 51.4 Å². The minimum Gasteiger partial charge on any atom is -0.443 e. The number of carbonyl (C=O) groups excluding carboxylic acids is 3. The minimum atomic E-state index is -0.748. The normalized spacial score (nSPS) is 12.8. The Morgan fingerprint density at radius 2 is 1.94 bits per heavy atom. The predicted molar refractivity (Wildman–Crippen MR) is 127 cm³/mol. The third kappa shape index (κ3) is 8.71. The molecule has 0 bridgehead atoms. The van der Waals surface area contributed by atoms with Crippen LogP contribution in [0.4, 0.5) is 10.1 Å². The molecule has 2 amide bonds. The number of amides is 2. The number of esters is 1. The molecule has 0 aliphatic carbocycles. The standard InChI is InChI=1S/C22H29FN4O4S.ClH/c1-13(2)18(24)20(30)31-12-27-8-9-32-21(27)26-19(29)14-6-7-16(15(23)10-14)25-17(28)11-22(3,4)5;/h6-10,13,18H,11-12,24H2,1-5H3,(H,25,28);1H. The van der Waals surface area contributed by atoms with Gasteiger partial charge in [0, 0.05) is 23.6 Å². The molecule has 0 fully saturated rings. The van der Waals surface area contributed by atoms with E-state index in [9.17, 15) is 18.8 Å². The highest BCUT2D eigenvalue weighted by molar-refractivity contribution is 7.07. The second-order valence-corrected chi connectivity index (χ2v) is 9.79. The second kappa shape index (κ2) is 12.1. The molecule has 33 heavy (non-hydrogen) atoms. The predicted octanol–water partition coefficient (Wildman–Crippen LogP) is 3.71. The van der Waals surface area contributed by atoms with Gasteiger partial charge in [0.05, 0.1) is 5.69 Å². The Bertz CT molecular complexity index is 1060. The summed E-state index contributed by atoms with van der Waals surface area (Å²) in [5.74, 6) is -2.34. The molecule has 0 aliphatic rings. The van der Waals surface area contributed by atoms with Crippen molar-refractivity contribution in [3.8, 4) is 0 Å². The Hall–Kier alpha value is -2.56. The monoisotopic (exact) mass is 500 g/mol. The van der Waals surface area contributed by atoms with Gasteiger partial charge in [-0.1, -0.05) is 34.6 Å². The van der Waals surface area contributed by atoms with E-state index in [1.807, 2.05) is 34.6 Å². The van der Waals surface area contributed by atoms with Gasteiger partial charge >= 0.3 is 5.97 Å². The van der Waals surface area contributed by atoms with Crippen LogP contribution >= 0.6 is 23.7 Å². The molecular formula is C22H30ClFN4O4S. The van der Waals surface area contributed by atoms with E-state index in [4.69, 9.17) is 10.5 Å². The first-order chi connectivity index (χ1) is 14.9. The van der Waals surface area contributed by atoms with Crippen molar-refractivity contribution in [2.45, 2.75) is 53.8 Å². The molecule has 3 N–H and O–H groups in total. The number of nitrogens with two attached hydrogens (primary N) is 1. The molecule has 2 rings (SSSR count). The summed E-state index contributed by atoms with van der Waals surface area (Å²) in [4.78, 5) is 40.8. The van der Waals surface area contributed by atoms with Gasteiger partial charge in [-0.2, -0.15) is 4.99 Å². The molecule has 0 saturated heterocycles. The van der Waals surface area contributed by atoms with Gasteiger partial charge in [-0.05, 0) is 29.5 Å². The molecular weight excluding hydrogens is 471 g/mol. The van der Waals surface area contributed by atoms with Crippen LogP contribution in [-0.2, 0) is 21.1 Å². The van der Waals surface area contributed by atoms with E-state index < -0.39 is 23.7 Å². The zero-order valence-electron chi connectivity index (χ0n) is 19.3. The fourth-order valence-electron chi connectivity index (χ4n) is 2.56. The lowest BCUT2D eigenvalue weighted by Gasteiger charge is -2.17. The molecule has 0 spiro atoms. The summed E-state index contributed by atoms with van der Waals surface area (Å²) >= 11 is 1.16. The highest BCUT2D eigenvalue weighted by atomic mass is 35.5. The lowest BCUT2D eigenvalue weighted by atomic mass is 9.92. The van der Waals surface area contributed by atoms with Crippen molar-refractivity contribution in [2.24, 2.45) is 22.1 Å². The van der Waals surface area contributed by atoms with Gasteiger partial charge in [-0.25, -0.2) is 4.39 Å². The van der Waals surface area contributed by atoms with Gasteiger partial charge in [-0.15, -0.1) is 23.7 Å². The number of ether oxygens (including phenoxy) is 1. The van der Waals surface area contributed by atoms with Gasteiger partial charge in [0.25, 0.3) is 5.91 Å². The SMILES string of the molecule is CC(C)C(N)C(=O)OCn1ccsc1=NC(=O)c1ccc(NC(=O)CC(C)(C)C)c(F)c1.Cl. The number of benzene rings is 1. The van der Waals surface area contributed by atoms with E-state index in [1.165, 1.54) is 16.7 Å². The number of hydrogen-bond donors (Lipinski definition) is 2.